The lowest BCUT2D eigenvalue weighted by atomic mass is 10.2. The monoisotopic (exact) mass is 365 g/mol. The number of hydrogen-bond donors (Lipinski definition) is 1. The van der Waals surface area contributed by atoms with E-state index in [2.05, 4.69) is 9.80 Å². The van der Waals surface area contributed by atoms with E-state index in [9.17, 15) is 13.5 Å². The van der Waals surface area contributed by atoms with Gasteiger partial charge >= 0.3 is 0 Å². The normalized spacial score (nSPS) is 16.5. The van der Waals surface area contributed by atoms with Crippen molar-refractivity contribution in [3.8, 4) is 5.75 Å². The third-order valence-electron chi connectivity index (χ3n) is 4.34. The number of piperazine rings is 1. The van der Waals surface area contributed by atoms with Crippen molar-refractivity contribution in [1.82, 2.24) is 9.21 Å². The Morgan fingerprint density at radius 3 is 2.28 bits per heavy atom. The molecule has 0 amide bonds. The first-order valence-corrected chi connectivity index (χ1v) is 9.58. The van der Waals surface area contributed by atoms with Gasteiger partial charge in [0.15, 0.2) is 0 Å². The van der Waals surface area contributed by atoms with Crippen molar-refractivity contribution < 1.29 is 17.9 Å². The lowest BCUT2D eigenvalue weighted by molar-refractivity contribution is 0.224. The molecule has 2 aromatic rings. The molecule has 1 aromatic carbocycles. The van der Waals surface area contributed by atoms with E-state index in [0.717, 1.165) is 36.2 Å². The van der Waals surface area contributed by atoms with E-state index >= 15 is 0 Å². The number of anilines is 1. The van der Waals surface area contributed by atoms with Crippen LogP contribution in [0.25, 0.3) is 0 Å². The van der Waals surface area contributed by atoms with E-state index in [-0.39, 0.29) is 10.8 Å². The zero-order chi connectivity index (χ0) is 18.0. The van der Waals surface area contributed by atoms with Gasteiger partial charge in [0.25, 0.3) is 10.0 Å². The van der Waals surface area contributed by atoms with Crippen LogP contribution in [-0.4, -0.2) is 63.0 Å². The summed E-state index contributed by atoms with van der Waals surface area (Å²) in [7, 11) is -0.553. The number of nitrogens with zero attached hydrogens (tertiary/aromatic N) is 3. The first-order valence-electron chi connectivity index (χ1n) is 8.14. The second-order valence-corrected chi connectivity index (χ2v) is 8.37. The summed E-state index contributed by atoms with van der Waals surface area (Å²) < 4.78 is 30.8. The summed E-state index contributed by atoms with van der Waals surface area (Å²) in [6, 6.07) is 10.4. The second kappa shape index (κ2) is 7.07. The molecular formula is C17H23N3O4S. The molecule has 0 unspecified atom stereocenters. The number of phenolic OH excluding ortho intramolecular Hbond substituents is 1. The van der Waals surface area contributed by atoms with Crippen molar-refractivity contribution >= 4 is 15.7 Å². The fourth-order valence-electron chi connectivity index (χ4n) is 2.81. The molecular weight excluding hydrogens is 342 g/mol. The molecule has 7 nitrogen and oxygen atoms in total. The minimum Gasteiger partial charge on any atom is -0.508 e. The molecule has 1 aromatic heterocycles. The average molecular weight is 365 g/mol. The van der Waals surface area contributed by atoms with E-state index in [0.29, 0.717) is 12.3 Å². The maximum absolute atomic E-state index is 12.1. The minimum absolute atomic E-state index is 0.0183. The third kappa shape index (κ3) is 3.97. The number of furan rings is 1. The molecule has 3 rings (SSSR count). The maximum atomic E-state index is 12.1. The molecule has 2 heterocycles. The van der Waals surface area contributed by atoms with Gasteiger partial charge in [0, 0.05) is 46.0 Å². The highest BCUT2D eigenvalue weighted by Gasteiger charge is 2.23. The zero-order valence-corrected chi connectivity index (χ0v) is 15.2. The van der Waals surface area contributed by atoms with Crippen molar-refractivity contribution in [2.24, 2.45) is 0 Å². The molecule has 0 aliphatic carbocycles. The highest BCUT2D eigenvalue weighted by molar-refractivity contribution is 7.88. The van der Waals surface area contributed by atoms with Gasteiger partial charge in [-0.05, 0) is 36.4 Å². The molecule has 0 atom stereocenters. The van der Waals surface area contributed by atoms with Crippen LogP contribution in [0.5, 0.6) is 5.75 Å². The zero-order valence-electron chi connectivity index (χ0n) is 14.4. The number of hydrogen-bond acceptors (Lipinski definition) is 6. The summed E-state index contributed by atoms with van der Waals surface area (Å²) in [6.45, 7) is 4.05. The molecule has 1 aliphatic heterocycles. The van der Waals surface area contributed by atoms with Crippen LogP contribution in [0.1, 0.15) is 5.76 Å². The predicted molar refractivity (Wildman–Crippen MR) is 95.2 cm³/mol. The van der Waals surface area contributed by atoms with Crippen molar-refractivity contribution in [3.63, 3.8) is 0 Å². The van der Waals surface area contributed by atoms with Gasteiger partial charge in [-0.1, -0.05) is 0 Å². The summed E-state index contributed by atoms with van der Waals surface area (Å²) in [5.41, 5.74) is 1.09. The standard InChI is InChI=1S/C17H23N3O4S/c1-18(2)25(22,23)17-8-7-16(24-17)13-19-9-11-20(12-10-19)14-3-5-15(21)6-4-14/h3-8,21H,9-13H2,1-2H3. The summed E-state index contributed by atoms with van der Waals surface area (Å²) in [5, 5.41) is 9.35. The number of phenols is 1. The first kappa shape index (κ1) is 17.8. The van der Waals surface area contributed by atoms with Crippen molar-refractivity contribution in [2.45, 2.75) is 11.6 Å². The van der Waals surface area contributed by atoms with Crippen molar-refractivity contribution in [3.05, 3.63) is 42.2 Å². The van der Waals surface area contributed by atoms with Gasteiger partial charge in [-0.15, -0.1) is 0 Å². The highest BCUT2D eigenvalue weighted by Crippen LogP contribution is 2.22. The molecule has 0 spiro atoms. The smallest absolute Gasteiger partial charge is 0.275 e. The van der Waals surface area contributed by atoms with Gasteiger partial charge < -0.3 is 14.4 Å². The minimum atomic E-state index is -3.53. The van der Waals surface area contributed by atoms with Crippen LogP contribution in [0.2, 0.25) is 0 Å². The molecule has 0 bridgehead atoms. The molecule has 0 saturated carbocycles. The Balaban J connectivity index is 1.58. The molecule has 136 valence electrons. The van der Waals surface area contributed by atoms with E-state index < -0.39 is 10.0 Å². The Morgan fingerprint density at radius 1 is 1.04 bits per heavy atom. The van der Waals surface area contributed by atoms with E-state index in [1.165, 1.54) is 20.2 Å². The average Bonchev–Trinajstić information content (AvgIpc) is 3.05. The first-order chi connectivity index (χ1) is 11.9. The molecule has 25 heavy (non-hydrogen) atoms. The second-order valence-electron chi connectivity index (χ2n) is 6.29. The topological polar surface area (TPSA) is 77.2 Å². The van der Waals surface area contributed by atoms with Gasteiger partial charge in [-0.25, -0.2) is 12.7 Å². The SMILES string of the molecule is CN(C)S(=O)(=O)c1ccc(CN2CCN(c3ccc(O)cc3)CC2)o1. The fourth-order valence-corrected chi connectivity index (χ4v) is 3.62. The molecule has 1 aliphatic rings. The van der Waals surface area contributed by atoms with E-state index in [1.54, 1.807) is 18.2 Å². The van der Waals surface area contributed by atoms with E-state index in [4.69, 9.17) is 4.42 Å². The summed E-state index contributed by atoms with van der Waals surface area (Å²) in [6.07, 6.45) is 0. The summed E-state index contributed by atoms with van der Waals surface area (Å²) in [4.78, 5) is 4.50. The van der Waals surface area contributed by atoms with Gasteiger partial charge in [0.2, 0.25) is 5.09 Å². The van der Waals surface area contributed by atoms with Crippen LogP contribution in [0.15, 0.2) is 45.9 Å². The third-order valence-corrected chi connectivity index (χ3v) is 6.03. The van der Waals surface area contributed by atoms with Crippen LogP contribution in [0.4, 0.5) is 5.69 Å². The van der Waals surface area contributed by atoms with Crippen LogP contribution in [-0.2, 0) is 16.6 Å². The quantitative estimate of drug-likeness (QED) is 0.866. The Hall–Kier alpha value is -2.03. The predicted octanol–water partition coefficient (Wildman–Crippen LogP) is 1.56. The Bertz CT molecular complexity index is 807. The van der Waals surface area contributed by atoms with Crippen LogP contribution in [0.3, 0.4) is 0 Å². The molecule has 1 fully saturated rings. The number of rotatable bonds is 5. The lowest BCUT2D eigenvalue weighted by Gasteiger charge is -2.35. The van der Waals surface area contributed by atoms with Gasteiger partial charge in [0.1, 0.15) is 11.5 Å². The number of aromatic hydroxyl groups is 1. The number of benzene rings is 1. The van der Waals surface area contributed by atoms with Gasteiger partial charge in [0.05, 0.1) is 6.54 Å². The van der Waals surface area contributed by atoms with Gasteiger partial charge in [-0.2, -0.15) is 0 Å². The van der Waals surface area contributed by atoms with Crippen molar-refractivity contribution in [1.29, 1.82) is 0 Å². The van der Waals surface area contributed by atoms with Gasteiger partial charge in [-0.3, -0.25) is 4.90 Å². The van der Waals surface area contributed by atoms with Crippen molar-refractivity contribution in [2.75, 3.05) is 45.2 Å². The lowest BCUT2D eigenvalue weighted by Crippen LogP contribution is -2.45. The maximum Gasteiger partial charge on any atom is 0.275 e. The Morgan fingerprint density at radius 2 is 1.68 bits per heavy atom. The van der Waals surface area contributed by atoms with Crippen LogP contribution < -0.4 is 4.90 Å². The highest BCUT2D eigenvalue weighted by atomic mass is 32.2. The van der Waals surface area contributed by atoms with E-state index in [1.807, 2.05) is 12.1 Å². The fraction of sp³-hybridized carbons (Fsp3) is 0.412. The van der Waals surface area contributed by atoms with Crippen LogP contribution in [0, 0.1) is 0 Å². The largest absolute Gasteiger partial charge is 0.508 e. The number of sulfonamides is 1. The summed E-state index contributed by atoms with van der Waals surface area (Å²) in [5.74, 6) is 0.919. The summed E-state index contributed by atoms with van der Waals surface area (Å²) >= 11 is 0. The molecule has 0 radical (unpaired) electrons. The Kier molecular flexibility index (Phi) is 5.03. The Labute approximate surface area is 148 Å². The van der Waals surface area contributed by atoms with Crippen LogP contribution >= 0.6 is 0 Å². The molecule has 1 saturated heterocycles. The molecule has 1 N–H and O–H groups in total. The molecule has 8 heteroatoms.